The highest BCUT2D eigenvalue weighted by Gasteiger charge is 2.27. The van der Waals surface area contributed by atoms with E-state index in [1.165, 1.54) is 0 Å². The van der Waals surface area contributed by atoms with Crippen LogP contribution in [0.3, 0.4) is 0 Å². The van der Waals surface area contributed by atoms with Gasteiger partial charge in [-0.1, -0.05) is 0 Å². The van der Waals surface area contributed by atoms with Crippen molar-refractivity contribution in [2.75, 3.05) is 5.75 Å². The van der Waals surface area contributed by atoms with Crippen LogP contribution >= 0.6 is 11.8 Å². The third kappa shape index (κ3) is 4.41. The summed E-state index contributed by atoms with van der Waals surface area (Å²) < 4.78 is 58.0. The second kappa shape index (κ2) is 4.63. The average molecular weight is 275 g/mol. The van der Waals surface area contributed by atoms with Crippen molar-refractivity contribution in [2.24, 2.45) is 5.14 Å². The smallest absolute Gasteiger partial charge is 0.271 e. The number of alkyl halides is 3. The van der Waals surface area contributed by atoms with E-state index >= 15 is 0 Å². The van der Waals surface area contributed by atoms with E-state index in [0.717, 1.165) is 17.1 Å². The van der Waals surface area contributed by atoms with Crippen LogP contribution in [-0.2, 0) is 16.6 Å². The molecule has 10 heteroatoms. The molecule has 1 aromatic heterocycles. The fourth-order valence-corrected chi connectivity index (χ4v) is 1.84. The van der Waals surface area contributed by atoms with Gasteiger partial charge in [-0.2, -0.15) is 18.3 Å². The molecule has 1 heterocycles. The van der Waals surface area contributed by atoms with E-state index in [0.29, 0.717) is 0 Å². The van der Waals surface area contributed by atoms with Crippen LogP contribution in [-0.4, -0.2) is 29.5 Å². The van der Waals surface area contributed by atoms with Gasteiger partial charge in [-0.3, -0.25) is 4.68 Å². The molecule has 0 aliphatic heterocycles. The standard InChI is InChI=1S/C6H8F3N3O2S2/c7-6(8,9)15-2-1-12-4-5(3-11-12)16(10,13)14/h3-4H,1-2H2,(H2,10,13,14). The molecule has 0 aromatic carbocycles. The fourth-order valence-electron chi connectivity index (χ4n) is 0.869. The number of hydrogen-bond donors (Lipinski definition) is 1. The molecule has 0 spiro atoms. The van der Waals surface area contributed by atoms with Crippen LogP contribution in [0.15, 0.2) is 17.3 Å². The second-order valence-corrected chi connectivity index (χ2v) is 5.50. The number of aryl methyl sites for hydroxylation is 1. The summed E-state index contributed by atoms with van der Waals surface area (Å²) in [5.74, 6) is -0.241. The maximum Gasteiger partial charge on any atom is 0.441 e. The molecule has 0 unspecified atom stereocenters. The molecular formula is C6H8F3N3O2S2. The van der Waals surface area contributed by atoms with E-state index < -0.39 is 15.5 Å². The largest absolute Gasteiger partial charge is 0.441 e. The Morgan fingerprint density at radius 3 is 2.56 bits per heavy atom. The first-order valence-corrected chi connectivity index (χ1v) is 6.47. The Kier molecular flexibility index (Phi) is 3.86. The van der Waals surface area contributed by atoms with Gasteiger partial charge in [-0.15, -0.1) is 0 Å². The second-order valence-electron chi connectivity index (χ2n) is 2.78. The summed E-state index contributed by atoms with van der Waals surface area (Å²) in [4.78, 5) is -0.218. The number of hydrogen-bond acceptors (Lipinski definition) is 4. The molecule has 0 aliphatic carbocycles. The van der Waals surface area contributed by atoms with Gasteiger partial charge < -0.3 is 0 Å². The molecule has 0 radical (unpaired) electrons. The molecule has 92 valence electrons. The topological polar surface area (TPSA) is 78.0 Å². The number of primary sulfonamides is 1. The summed E-state index contributed by atoms with van der Waals surface area (Å²) in [6.07, 6.45) is 2.08. The van der Waals surface area contributed by atoms with Crippen molar-refractivity contribution >= 4 is 21.8 Å². The van der Waals surface area contributed by atoms with Crippen molar-refractivity contribution in [3.8, 4) is 0 Å². The quantitative estimate of drug-likeness (QED) is 0.881. The Bertz CT molecular complexity index is 454. The van der Waals surface area contributed by atoms with Gasteiger partial charge in [0.1, 0.15) is 4.90 Å². The van der Waals surface area contributed by atoms with E-state index in [9.17, 15) is 21.6 Å². The van der Waals surface area contributed by atoms with Crippen LogP contribution in [0, 0.1) is 0 Å². The van der Waals surface area contributed by atoms with Crippen LogP contribution in [0.5, 0.6) is 0 Å². The Labute approximate surface area is 93.9 Å². The monoisotopic (exact) mass is 275 g/mol. The third-order valence-corrected chi connectivity index (χ3v) is 3.11. The molecule has 0 saturated carbocycles. The summed E-state index contributed by atoms with van der Waals surface area (Å²) in [6, 6.07) is 0. The van der Waals surface area contributed by atoms with Crippen molar-refractivity contribution in [1.82, 2.24) is 9.78 Å². The first-order chi connectivity index (χ1) is 7.18. The maximum absolute atomic E-state index is 11.8. The van der Waals surface area contributed by atoms with E-state index in [2.05, 4.69) is 5.10 Å². The van der Waals surface area contributed by atoms with Gasteiger partial charge in [-0.05, 0) is 11.8 Å². The molecule has 0 saturated heterocycles. The first-order valence-electron chi connectivity index (χ1n) is 3.94. The number of rotatable bonds is 4. The zero-order chi connectivity index (χ0) is 12.4. The van der Waals surface area contributed by atoms with E-state index in [4.69, 9.17) is 5.14 Å². The zero-order valence-electron chi connectivity index (χ0n) is 7.81. The van der Waals surface area contributed by atoms with Crippen molar-refractivity contribution < 1.29 is 21.6 Å². The number of thioether (sulfide) groups is 1. The van der Waals surface area contributed by atoms with E-state index in [1.54, 1.807) is 0 Å². The molecule has 0 amide bonds. The first kappa shape index (κ1) is 13.3. The highest BCUT2D eigenvalue weighted by Crippen LogP contribution is 2.29. The molecule has 2 N–H and O–H groups in total. The zero-order valence-corrected chi connectivity index (χ0v) is 9.44. The number of aromatic nitrogens is 2. The average Bonchev–Trinajstić information content (AvgIpc) is 2.49. The molecule has 0 atom stereocenters. The Balaban J connectivity index is 2.54. The molecule has 1 aromatic rings. The van der Waals surface area contributed by atoms with Crippen LogP contribution in [0.2, 0.25) is 0 Å². The van der Waals surface area contributed by atoms with Crippen molar-refractivity contribution in [1.29, 1.82) is 0 Å². The predicted molar refractivity (Wildman–Crippen MR) is 52.1 cm³/mol. The lowest BCUT2D eigenvalue weighted by atomic mass is 10.7. The third-order valence-electron chi connectivity index (χ3n) is 1.52. The number of nitrogens with zero attached hydrogens (tertiary/aromatic N) is 2. The van der Waals surface area contributed by atoms with Crippen molar-refractivity contribution in [2.45, 2.75) is 16.9 Å². The highest BCUT2D eigenvalue weighted by molar-refractivity contribution is 8.00. The SMILES string of the molecule is NS(=O)(=O)c1cnn(CCSC(F)(F)F)c1. The summed E-state index contributed by atoms with van der Waals surface area (Å²) in [5.41, 5.74) is -4.30. The predicted octanol–water partition coefficient (Wildman–Crippen LogP) is 0.784. The molecule has 0 fully saturated rings. The summed E-state index contributed by atoms with van der Waals surface area (Å²) in [7, 11) is -3.85. The molecule has 1 rings (SSSR count). The molecule has 0 aliphatic rings. The lowest BCUT2D eigenvalue weighted by molar-refractivity contribution is -0.0328. The number of sulfonamides is 1. The number of nitrogens with two attached hydrogens (primary N) is 1. The highest BCUT2D eigenvalue weighted by atomic mass is 32.2. The van der Waals surface area contributed by atoms with Gasteiger partial charge >= 0.3 is 5.51 Å². The lowest BCUT2D eigenvalue weighted by Crippen LogP contribution is -2.11. The Morgan fingerprint density at radius 1 is 1.50 bits per heavy atom. The fraction of sp³-hybridized carbons (Fsp3) is 0.500. The minimum atomic E-state index is -4.30. The van der Waals surface area contributed by atoms with Gasteiger partial charge in [-0.25, -0.2) is 13.6 Å². The summed E-state index contributed by atoms with van der Waals surface area (Å²) >= 11 is -0.196. The van der Waals surface area contributed by atoms with Gasteiger partial charge in [0.2, 0.25) is 10.0 Å². The van der Waals surface area contributed by atoms with Crippen LogP contribution in [0.25, 0.3) is 0 Å². The Hall–Kier alpha value is -0.740. The van der Waals surface area contributed by atoms with Crippen molar-refractivity contribution in [3.05, 3.63) is 12.4 Å². The lowest BCUT2D eigenvalue weighted by Gasteiger charge is -2.04. The minimum Gasteiger partial charge on any atom is -0.271 e. The van der Waals surface area contributed by atoms with Gasteiger partial charge in [0, 0.05) is 11.9 Å². The molecular weight excluding hydrogens is 267 g/mol. The Morgan fingerprint density at radius 2 is 2.12 bits per heavy atom. The van der Waals surface area contributed by atoms with Gasteiger partial charge in [0.05, 0.1) is 12.7 Å². The summed E-state index contributed by atoms with van der Waals surface area (Å²) in [6.45, 7) is -0.0420. The van der Waals surface area contributed by atoms with Gasteiger partial charge in [0.15, 0.2) is 0 Å². The molecule has 16 heavy (non-hydrogen) atoms. The minimum absolute atomic E-state index is 0.0420. The summed E-state index contributed by atoms with van der Waals surface area (Å²) in [5, 5.41) is 8.38. The van der Waals surface area contributed by atoms with E-state index in [-0.39, 0.29) is 29.0 Å². The maximum atomic E-state index is 11.8. The van der Waals surface area contributed by atoms with Crippen LogP contribution in [0.1, 0.15) is 0 Å². The molecule has 0 bridgehead atoms. The van der Waals surface area contributed by atoms with Gasteiger partial charge in [0.25, 0.3) is 0 Å². The number of halogens is 3. The van der Waals surface area contributed by atoms with Crippen LogP contribution in [0.4, 0.5) is 13.2 Å². The van der Waals surface area contributed by atoms with Crippen LogP contribution < -0.4 is 5.14 Å². The normalized spacial score (nSPS) is 13.0. The molecule has 5 nitrogen and oxygen atoms in total. The van der Waals surface area contributed by atoms with E-state index in [1.807, 2.05) is 0 Å². The van der Waals surface area contributed by atoms with Crippen molar-refractivity contribution in [3.63, 3.8) is 0 Å².